The topological polar surface area (TPSA) is 195 Å². The molecular weight excluding hydrogens is 1780 g/mol. The van der Waals surface area contributed by atoms with Crippen molar-refractivity contribution in [3.05, 3.63) is 0 Å². The summed E-state index contributed by atoms with van der Waals surface area (Å²) in [6.45, 7) is 112. The van der Waals surface area contributed by atoms with Crippen LogP contribution in [0.15, 0.2) is 0 Å². The summed E-state index contributed by atoms with van der Waals surface area (Å²) in [6.07, 6.45) is 38.7. The van der Waals surface area contributed by atoms with E-state index in [1.807, 2.05) is 0 Å². The molecule has 0 radical (unpaired) electrons. The maximum Gasteiger partial charge on any atom is 0.373 e. The van der Waals surface area contributed by atoms with Gasteiger partial charge in [0.25, 0.3) is 0 Å². The van der Waals surface area contributed by atoms with Gasteiger partial charge < -0.3 is 10.0 Å². The molecule has 0 aromatic rings. The first-order valence-corrected chi connectivity index (χ1v) is 58.7. The number of carbonyl (C=O) groups excluding carboxylic acids is 6. The zero-order chi connectivity index (χ0) is 107. The molecule has 1 N–H and O–H groups in total. The average molecular weight is 2010 g/mol. The number of hydrogen-bond acceptors (Lipinski definition) is 24. The molecule has 17 heterocycles. The summed E-state index contributed by atoms with van der Waals surface area (Å²) in [5.41, 5.74) is 3.21. The largest absolute Gasteiger partial charge is 0.481 e. The Morgan fingerprint density at radius 2 is 0.427 bits per heavy atom. The minimum atomic E-state index is -0.559. The molecule has 25 nitrogen and oxygen atoms in total. The van der Waals surface area contributed by atoms with Crippen molar-refractivity contribution >= 4 is 24.4 Å². The quantitative estimate of drug-likeness (QED) is 0.217. The van der Waals surface area contributed by atoms with Crippen molar-refractivity contribution in [3.8, 4) is 0 Å². The van der Waals surface area contributed by atoms with E-state index in [2.05, 4.69) is 305 Å². The van der Waals surface area contributed by atoms with Gasteiger partial charge in [0.1, 0.15) is 0 Å². The Labute approximate surface area is 878 Å². The van der Waals surface area contributed by atoms with E-state index in [9.17, 15) is 9.90 Å². The van der Waals surface area contributed by atoms with Crippen LogP contribution in [0.1, 0.15) is 401 Å². The predicted octanol–water partition coefficient (Wildman–Crippen LogP) is 18.4. The molecule has 18 fully saturated rings. The number of carboxylic acid groups (broad SMARTS) is 1. The van der Waals surface area contributed by atoms with E-state index >= 15 is 0 Å². The van der Waals surface area contributed by atoms with Crippen molar-refractivity contribution in [2.24, 2.45) is 17.8 Å². The lowest BCUT2D eigenvalue weighted by Crippen LogP contribution is -2.68. The molecule has 0 aromatic carbocycles. The van der Waals surface area contributed by atoms with Crippen LogP contribution in [0.4, 0.5) is 0 Å². The van der Waals surface area contributed by atoms with Crippen molar-refractivity contribution in [2.45, 2.75) is 530 Å². The van der Waals surface area contributed by atoms with Crippen molar-refractivity contribution in [2.75, 3.05) is 190 Å². The summed E-state index contributed by atoms with van der Waals surface area (Å²) < 4.78 is 0. The van der Waals surface area contributed by atoms with Gasteiger partial charge in [0.2, 0.25) is 0 Å². The highest BCUT2D eigenvalue weighted by molar-refractivity contribution is 5.70. The van der Waals surface area contributed by atoms with Crippen molar-refractivity contribution < 1.29 is 38.7 Å². The van der Waals surface area contributed by atoms with Gasteiger partial charge in [-0.05, 0) is 453 Å². The van der Waals surface area contributed by atoms with E-state index in [-0.39, 0.29) is 29.9 Å². The zero-order valence-electron chi connectivity index (χ0n) is 99.0. The fraction of sp³-hybridized carbons (Fsp3) is 0.966. The Hall–Kier alpha value is -3.07. The van der Waals surface area contributed by atoms with Gasteiger partial charge in [-0.15, -0.1) is 0 Å². The first kappa shape index (κ1) is 127. The molecule has 25 heteroatoms. The van der Waals surface area contributed by atoms with Crippen LogP contribution in [0.25, 0.3) is 0 Å². The number of aliphatic carboxylic acids is 1. The molecular formula is C118H227N17O8. The van der Waals surface area contributed by atoms with Gasteiger partial charge in [-0.3, -0.25) is 83.2 Å². The number of carboxylic acids is 1. The Morgan fingerprint density at radius 3 is 0.699 bits per heavy atom. The first-order valence-electron chi connectivity index (χ1n) is 58.7. The molecule has 1 saturated carbocycles. The zero-order valence-corrected chi connectivity index (χ0v) is 99.0. The van der Waals surface area contributed by atoms with Gasteiger partial charge in [0, 0.05) is 253 Å². The molecule has 18 aliphatic rings. The third kappa shape index (κ3) is 40.7. The molecule has 17 aliphatic heterocycles. The Bertz CT molecular complexity index is 3570. The fourth-order valence-corrected chi connectivity index (χ4v) is 26.2. The Balaban J connectivity index is 0.000000216. The van der Waals surface area contributed by atoms with E-state index in [1.165, 1.54) is 337 Å². The number of piperidine rings is 6. The standard InChI is InChI=1S/C15H27NO2.2C14H28N2.2C13H26N2.2C12H24N2.2C11H22N2.3CO2/c1-15(2,3)16-9-7-11(8-10-16)12-5-4-6-13(12)14(17)18;1-12-7-5-6-9-16(12)13-8-10-15(11-13)14(2,3)4;1-14(2,3)16-11-7-13(8-12-16)15-9-5-4-6-10-15;1-11-5-10-15(11)12-6-8-14(9-7-12)13(2,3)4;1-11-6-5-8-15(11)12-7-9-14(10-12)13(2,3)4;1-10-5-8-14(10)11-6-7-13(9-11)12(2,3)4;1-12(2,3)14-9-11(10-14)13-7-5-4-6-8-13;1-9-5-6-13(9)10-7-12(8-10)11(2,3)4;1-11(2,3)13-8-10(9-13)12-6-4-5-7-12;3*2-1-3/h11-13H,4-10H2,1-3H3,(H,17,18);12-13H,5-11H2,1-4H3;13H,4-12H2,1-3H3;2*11-12H,5-10H2,1-4H3;10-11H,5-9H2,1-4H3;11H,4-10H2,1-3H3;9-10H,5-8H2,1-4H3;10H,4-9H2,1-3H3;;;. The molecule has 832 valence electrons. The van der Waals surface area contributed by atoms with Crippen LogP contribution in [-0.4, -0.2) is 431 Å². The Kier molecular flexibility index (Phi) is 51.7. The lowest BCUT2D eigenvalue weighted by molar-refractivity contribution is -0.193. The fourth-order valence-electron chi connectivity index (χ4n) is 26.2. The normalized spacial score (nSPS) is 29.8. The highest BCUT2D eigenvalue weighted by Gasteiger charge is 2.47. The highest BCUT2D eigenvalue weighted by Crippen LogP contribution is 2.44. The molecule has 10 atom stereocenters. The summed E-state index contributed by atoms with van der Waals surface area (Å²) in [5, 5.41) is 9.29. The lowest BCUT2D eigenvalue weighted by atomic mass is 9.78. The summed E-state index contributed by atoms with van der Waals surface area (Å²) in [7, 11) is 0. The van der Waals surface area contributed by atoms with Crippen molar-refractivity contribution in [3.63, 3.8) is 0 Å². The number of likely N-dealkylation sites (tertiary alicyclic amines) is 17. The summed E-state index contributed by atoms with van der Waals surface area (Å²) in [5.74, 6) is 0.476. The molecule has 1 aliphatic carbocycles. The minimum Gasteiger partial charge on any atom is -0.481 e. The molecule has 10 unspecified atom stereocenters. The van der Waals surface area contributed by atoms with Gasteiger partial charge in [-0.25, -0.2) is 0 Å². The van der Waals surface area contributed by atoms with Crippen LogP contribution in [-0.2, 0) is 33.6 Å². The second-order valence-corrected chi connectivity index (χ2v) is 55.8. The molecule has 0 bridgehead atoms. The molecule has 0 amide bonds. The van der Waals surface area contributed by atoms with Gasteiger partial charge in [-0.2, -0.15) is 28.8 Å². The van der Waals surface area contributed by atoms with Gasteiger partial charge in [-0.1, -0.05) is 25.7 Å². The summed E-state index contributed by atoms with van der Waals surface area (Å²) in [6, 6.07) is 11.1. The first-order chi connectivity index (χ1) is 66.8. The van der Waals surface area contributed by atoms with Gasteiger partial charge in [0.15, 0.2) is 0 Å². The number of nitrogens with zero attached hydrogens (tertiary/aromatic N) is 17. The van der Waals surface area contributed by atoms with Crippen molar-refractivity contribution in [1.82, 2.24) is 83.3 Å². The molecule has 0 spiro atoms. The molecule has 18 rings (SSSR count). The monoisotopic (exact) mass is 2010 g/mol. The SMILES string of the molecule is CC(C)(C)N1CC(N2CCCC2)C1.CC(C)(C)N1CC(N2CCCCC2)C1.CC(C)(C)N1CCC(C2CCCC2C(=O)O)CC1.CC(C)(C)N1CCC(N2CCCCC2)CC1.CC1CCCCN1C1CCN(C(C)(C)C)C1.CC1CCCN1C1CCN(C(C)(C)C)C1.CC1CCN1C1CCN(C(C)(C)C)C1.CC1CCN1C1CCN(C(C)(C)C)CC1.CC1CCN1C1CN(C(C)(C)C)C1.O=C=O.O=C=O.O=C=O. The van der Waals surface area contributed by atoms with Crippen LogP contribution in [0.5, 0.6) is 0 Å². The molecule has 0 aromatic heterocycles. The molecule has 17 saturated heterocycles. The van der Waals surface area contributed by atoms with Crippen LogP contribution in [0, 0.1) is 17.8 Å². The maximum absolute atomic E-state index is 11.3. The van der Waals surface area contributed by atoms with Crippen LogP contribution in [0.3, 0.4) is 0 Å². The van der Waals surface area contributed by atoms with Crippen LogP contribution in [0.2, 0.25) is 0 Å². The van der Waals surface area contributed by atoms with E-state index < -0.39 is 5.97 Å². The second-order valence-electron chi connectivity index (χ2n) is 55.8. The minimum absolute atomic E-state index is 0.0591. The predicted molar refractivity (Wildman–Crippen MR) is 590 cm³/mol. The third-order valence-corrected chi connectivity index (χ3v) is 37.0. The van der Waals surface area contributed by atoms with Crippen LogP contribution < -0.4 is 0 Å². The maximum atomic E-state index is 11.3. The number of rotatable bonds is 10. The Morgan fingerprint density at radius 1 is 0.203 bits per heavy atom. The van der Waals surface area contributed by atoms with E-state index in [4.69, 9.17) is 28.8 Å². The molecule has 143 heavy (non-hydrogen) atoms. The lowest BCUT2D eigenvalue weighted by Gasteiger charge is -2.56. The third-order valence-electron chi connectivity index (χ3n) is 37.0. The summed E-state index contributed by atoms with van der Waals surface area (Å²) in [4.78, 5) is 105. The van der Waals surface area contributed by atoms with E-state index in [0.29, 0.717) is 56.1 Å². The summed E-state index contributed by atoms with van der Waals surface area (Å²) >= 11 is 0. The number of hydrogen-bond donors (Lipinski definition) is 1. The smallest absolute Gasteiger partial charge is 0.373 e. The number of carbonyl (C=O) groups is 1. The van der Waals surface area contributed by atoms with Crippen LogP contribution >= 0.6 is 0 Å². The van der Waals surface area contributed by atoms with Gasteiger partial charge in [0.05, 0.1) is 5.92 Å². The van der Waals surface area contributed by atoms with E-state index in [1.54, 1.807) is 0 Å². The van der Waals surface area contributed by atoms with Gasteiger partial charge >= 0.3 is 24.4 Å². The van der Waals surface area contributed by atoms with Crippen molar-refractivity contribution in [1.29, 1.82) is 0 Å². The average Bonchev–Trinajstić information content (AvgIpc) is 1.70. The second kappa shape index (κ2) is 58.3. The highest BCUT2D eigenvalue weighted by atomic mass is 16.4. The van der Waals surface area contributed by atoms with E-state index in [0.717, 1.165) is 111 Å².